The van der Waals surface area contributed by atoms with E-state index in [4.69, 9.17) is 14.2 Å². The summed E-state index contributed by atoms with van der Waals surface area (Å²) >= 11 is 0. The highest BCUT2D eigenvalue weighted by molar-refractivity contribution is 5.42. The Morgan fingerprint density at radius 3 is 2.46 bits per heavy atom. The summed E-state index contributed by atoms with van der Waals surface area (Å²) in [6.07, 6.45) is 2.22. The fourth-order valence-corrected chi connectivity index (χ4v) is 2.47. The number of aryl methyl sites for hydroxylation is 1. The molecule has 0 amide bonds. The van der Waals surface area contributed by atoms with E-state index in [1.165, 1.54) is 11.1 Å². The molecule has 0 unspecified atom stereocenters. The normalized spacial score (nSPS) is 10.6. The Balaban J connectivity index is 1.74. The second kappa shape index (κ2) is 10.7. The zero-order valence-electron chi connectivity index (χ0n) is 14.6. The third-order valence-electron chi connectivity index (χ3n) is 3.76. The van der Waals surface area contributed by atoms with Gasteiger partial charge >= 0.3 is 0 Å². The maximum Gasteiger partial charge on any atom is 0.161 e. The average Bonchev–Trinajstić information content (AvgIpc) is 2.63. The molecule has 0 saturated carbocycles. The lowest BCUT2D eigenvalue weighted by atomic mass is 10.1. The van der Waals surface area contributed by atoms with Gasteiger partial charge in [-0.3, -0.25) is 0 Å². The second-order valence-corrected chi connectivity index (χ2v) is 5.59. The summed E-state index contributed by atoms with van der Waals surface area (Å²) in [5.74, 6) is 1.51. The predicted octanol–water partition coefficient (Wildman–Crippen LogP) is 3.44. The van der Waals surface area contributed by atoms with Gasteiger partial charge in [-0.05, 0) is 42.6 Å². The minimum atomic E-state index is 0.518. The van der Waals surface area contributed by atoms with Crippen molar-refractivity contribution in [3.8, 4) is 11.5 Å². The lowest BCUT2D eigenvalue weighted by Crippen LogP contribution is -2.15. The van der Waals surface area contributed by atoms with Gasteiger partial charge in [0.25, 0.3) is 0 Å². The molecule has 4 heteroatoms. The van der Waals surface area contributed by atoms with Crippen LogP contribution in [0.5, 0.6) is 11.5 Å². The Hall–Kier alpha value is -2.04. The van der Waals surface area contributed by atoms with Gasteiger partial charge in [0.15, 0.2) is 11.5 Å². The van der Waals surface area contributed by atoms with Crippen LogP contribution in [0.15, 0.2) is 48.5 Å². The van der Waals surface area contributed by atoms with E-state index in [-0.39, 0.29) is 0 Å². The Morgan fingerprint density at radius 2 is 1.71 bits per heavy atom. The standard InChI is InChI=1S/C20H27NO3/c1-22-13-14-24-19-11-10-18(15-20(19)23-2)16-21-12-6-9-17-7-4-3-5-8-17/h3-5,7-8,10-11,15,21H,6,9,12-14,16H2,1-2H3. The fourth-order valence-electron chi connectivity index (χ4n) is 2.47. The van der Waals surface area contributed by atoms with Crippen LogP contribution in [-0.2, 0) is 17.7 Å². The number of ether oxygens (including phenoxy) is 3. The molecule has 4 nitrogen and oxygen atoms in total. The van der Waals surface area contributed by atoms with E-state index in [2.05, 4.69) is 41.7 Å². The first-order valence-electron chi connectivity index (χ1n) is 8.37. The molecule has 0 saturated heterocycles. The first kappa shape index (κ1) is 18.3. The van der Waals surface area contributed by atoms with E-state index in [1.54, 1.807) is 14.2 Å². The number of hydrogen-bond acceptors (Lipinski definition) is 4. The Bertz CT molecular complexity index is 587. The van der Waals surface area contributed by atoms with Gasteiger partial charge in [-0.15, -0.1) is 0 Å². The summed E-state index contributed by atoms with van der Waals surface area (Å²) in [6, 6.07) is 16.6. The van der Waals surface area contributed by atoms with E-state index < -0.39 is 0 Å². The van der Waals surface area contributed by atoms with Gasteiger partial charge in [-0.1, -0.05) is 36.4 Å². The third-order valence-corrected chi connectivity index (χ3v) is 3.76. The largest absolute Gasteiger partial charge is 0.493 e. The maximum absolute atomic E-state index is 5.65. The molecule has 2 aromatic carbocycles. The molecule has 1 N–H and O–H groups in total. The molecule has 2 aromatic rings. The van der Waals surface area contributed by atoms with E-state index in [0.717, 1.165) is 37.4 Å². The van der Waals surface area contributed by atoms with Gasteiger partial charge in [0.05, 0.1) is 13.7 Å². The number of benzene rings is 2. The van der Waals surface area contributed by atoms with E-state index in [0.29, 0.717) is 13.2 Å². The van der Waals surface area contributed by atoms with E-state index >= 15 is 0 Å². The molecule has 0 radical (unpaired) electrons. The van der Waals surface area contributed by atoms with Crippen molar-refractivity contribution in [3.63, 3.8) is 0 Å². The second-order valence-electron chi connectivity index (χ2n) is 5.59. The summed E-state index contributed by atoms with van der Waals surface area (Å²) in [6.45, 7) is 2.89. The molecule has 0 bridgehead atoms. The summed E-state index contributed by atoms with van der Waals surface area (Å²) < 4.78 is 16.0. The third kappa shape index (κ3) is 6.22. The van der Waals surface area contributed by atoms with Crippen LogP contribution in [0.3, 0.4) is 0 Å². The molecule has 0 atom stereocenters. The lowest BCUT2D eigenvalue weighted by molar-refractivity contribution is 0.144. The smallest absolute Gasteiger partial charge is 0.161 e. The first-order chi connectivity index (χ1) is 11.8. The van der Waals surface area contributed by atoms with Crippen molar-refractivity contribution < 1.29 is 14.2 Å². The summed E-state index contributed by atoms with van der Waals surface area (Å²) in [4.78, 5) is 0. The predicted molar refractivity (Wildman–Crippen MR) is 96.8 cm³/mol. The van der Waals surface area contributed by atoms with Gasteiger partial charge in [-0.25, -0.2) is 0 Å². The fraction of sp³-hybridized carbons (Fsp3) is 0.400. The number of hydrogen-bond donors (Lipinski definition) is 1. The van der Waals surface area contributed by atoms with Crippen molar-refractivity contribution >= 4 is 0 Å². The van der Waals surface area contributed by atoms with Gasteiger partial charge in [-0.2, -0.15) is 0 Å². The summed E-state index contributed by atoms with van der Waals surface area (Å²) in [5.41, 5.74) is 2.57. The molecule has 24 heavy (non-hydrogen) atoms. The van der Waals surface area contributed by atoms with Crippen molar-refractivity contribution in [1.29, 1.82) is 0 Å². The molecule has 130 valence electrons. The molecule has 0 heterocycles. The van der Waals surface area contributed by atoms with Crippen LogP contribution in [-0.4, -0.2) is 34.0 Å². The van der Waals surface area contributed by atoms with Crippen molar-refractivity contribution in [2.24, 2.45) is 0 Å². The topological polar surface area (TPSA) is 39.7 Å². The Labute approximate surface area is 144 Å². The monoisotopic (exact) mass is 329 g/mol. The maximum atomic E-state index is 5.65. The molecule has 0 aliphatic heterocycles. The van der Waals surface area contributed by atoms with E-state index in [1.807, 2.05) is 12.1 Å². The number of rotatable bonds is 11. The highest BCUT2D eigenvalue weighted by atomic mass is 16.5. The molecule has 0 aliphatic carbocycles. The SMILES string of the molecule is COCCOc1ccc(CNCCCc2ccccc2)cc1OC. The first-order valence-corrected chi connectivity index (χ1v) is 8.37. The summed E-state index contributed by atoms with van der Waals surface area (Å²) in [7, 11) is 3.32. The number of nitrogens with one attached hydrogen (secondary N) is 1. The zero-order valence-corrected chi connectivity index (χ0v) is 14.6. The molecule has 0 aliphatic rings. The van der Waals surface area contributed by atoms with Gasteiger partial charge in [0.1, 0.15) is 6.61 Å². The van der Waals surface area contributed by atoms with Crippen LogP contribution in [0.2, 0.25) is 0 Å². The highest BCUT2D eigenvalue weighted by Gasteiger charge is 2.05. The molecule has 0 spiro atoms. The average molecular weight is 329 g/mol. The molecule has 0 fully saturated rings. The van der Waals surface area contributed by atoms with Crippen LogP contribution in [0, 0.1) is 0 Å². The summed E-state index contributed by atoms with van der Waals surface area (Å²) in [5, 5.41) is 3.48. The van der Waals surface area contributed by atoms with Gasteiger partial charge < -0.3 is 19.5 Å². The number of methoxy groups -OCH3 is 2. The van der Waals surface area contributed by atoms with Crippen molar-refractivity contribution in [3.05, 3.63) is 59.7 Å². The van der Waals surface area contributed by atoms with Crippen LogP contribution in [0.25, 0.3) is 0 Å². The molecule has 2 rings (SSSR count). The van der Waals surface area contributed by atoms with Crippen LogP contribution < -0.4 is 14.8 Å². The zero-order chi connectivity index (χ0) is 17.0. The van der Waals surface area contributed by atoms with Gasteiger partial charge in [0.2, 0.25) is 0 Å². The Kier molecular flexibility index (Phi) is 8.15. The van der Waals surface area contributed by atoms with Gasteiger partial charge in [0, 0.05) is 13.7 Å². The molecular formula is C20H27NO3. The van der Waals surface area contributed by atoms with Crippen molar-refractivity contribution in [1.82, 2.24) is 5.32 Å². The van der Waals surface area contributed by atoms with Crippen LogP contribution in [0.1, 0.15) is 17.5 Å². The highest BCUT2D eigenvalue weighted by Crippen LogP contribution is 2.28. The van der Waals surface area contributed by atoms with Crippen LogP contribution in [0.4, 0.5) is 0 Å². The minimum Gasteiger partial charge on any atom is -0.493 e. The lowest BCUT2D eigenvalue weighted by Gasteiger charge is -2.12. The van der Waals surface area contributed by atoms with Crippen LogP contribution >= 0.6 is 0 Å². The Morgan fingerprint density at radius 1 is 0.875 bits per heavy atom. The quantitative estimate of drug-likeness (QED) is 0.641. The van der Waals surface area contributed by atoms with E-state index in [9.17, 15) is 0 Å². The molecular weight excluding hydrogens is 302 g/mol. The van der Waals surface area contributed by atoms with Crippen molar-refractivity contribution in [2.45, 2.75) is 19.4 Å². The minimum absolute atomic E-state index is 0.518. The molecule has 0 aromatic heterocycles. The van der Waals surface area contributed by atoms with Crippen molar-refractivity contribution in [2.75, 3.05) is 34.0 Å².